The SMILES string of the molecule is CC.C[BH2-]CC. The zero-order valence-electron chi connectivity index (χ0n) is 5.71. The van der Waals surface area contributed by atoms with Gasteiger partial charge in [-0.3, -0.25) is 0 Å². The third kappa shape index (κ3) is 33.7. The molecule has 0 amide bonds. The van der Waals surface area contributed by atoms with E-state index in [1.54, 1.807) is 0 Å². The molecule has 1 heteroatoms. The van der Waals surface area contributed by atoms with E-state index in [9.17, 15) is 0 Å². The van der Waals surface area contributed by atoms with Crippen molar-refractivity contribution in [3.05, 3.63) is 0 Å². The summed E-state index contributed by atoms with van der Waals surface area (Å²) in [6, 6.07) is 0. The highest BCUT2D eigenvalue weighted by molar-refractivity contribution is 6.33. The maximum Gasteiger partial charge on any atom is -0.0359 e. The van der Waals surface area contributed by atoms with Crippen LogP contribution in [-0.2, 0) is 0 Å². The van der Waals surface area contributed by atoms with E-state index in [2.05, 4.69) is 13.7 Å². The van der Waals surface area contributed by atoms with Crippen molar-refractivity contribution in [1.29, 1.82) is 0 Å². The molecule has 0 saturated carbocycles. The molecule has 0 aromatic heterocycles. The number of hydrogen-bond acceptors (Lipinski definition) is 0. The summed E-state index contributed by atoms with van der Waals surface area (Å²) in [4.78, 5) is 0. The lowest BCUT2D eigenvalue weighted by molar-refractivity contribution is 1.45. The van der Waals surface area contributed by atoms with E-state index >= 15 is 0 Å². The molecule has 0 N–H and O–H groups in total. The van der Waals surface area contributed by atoms with Gasteiger partial charge in [-0.1, -0.05) is 20.8 Å². The lowest BCUT2D eigenvalue weighted by Crippen LogP contribution is -1.67. The van der Waals surface area contributed by atoms with Gasteiger partial charge in [-0.15, -0.1) is 0 Å². The largest absolute Gasteiger partial charge is 0.196 e. The molecule has 0 nitrogen and oxygen atoms in total. The van der Waals surface area contributed by atoms with Gasteiger partial charge in [-0.05, 0) is 7.28 Å². The molecule has 40 valence electrons. The van der Waals surface area contributed by atoms with Crippen LogP contribution in [-0.4, -0.2) is 7.28 Å². The van der Waals surface area contributed by atoms with Crippen LogP contribution < -0.4 is 0 Å². The fourth-order valence-corrected chi connectivity index (χ4v) is 0. The summed E-state index contributed by atoms with van der Waals surface area (Å²) in [7, 11) is 0.514. The van der Waals surface area contributed by atoms with Gasteiger partial charge in [-0.2, -0.15) is 13.1 Å². The third-order valence-corrected chi connectivity index (χ3v) is 0.707. The van der Waals surface area contributed by atoms with Crippen molar-refractivity contribution in [3.8, 4) is 0 Å². The second kappa shape index (κ2) is 19.6. The van der Waals surface area contributed by atoms with Crippen LogP contribution >= 0.6 is 0 Å². The molecule has 0 spiro atoms. The second-order valence-electron chi connectivity index (χ2n) is 1.41. The molecular weight excluding hydrogens is 70.9 g/mol. The molecule has 6 heavy (non-hydrogen) atoms. The van der Waals surface area contributed by atoms with Gasteiger partial charge in [0.1, 0.15) is 0 Å². The average Bonchev–Trinajstić information content (AvgIpc) is 1.72. The first kappa shape index (κ1) is 9.42. The smallest absolute Gasteiger partial charge is 0.0359 e. The Morgan fingerprint density at radius 2 is 1.50 bits per heavy atom. The molecule has 0 heterocycles. The molecule has 0 aliphatic carbocycles. The van der Waals surface area contributed by atoms with Gasteiger partial charge in [0.2, 0.25) is 0 Å². The van der Waals surface area contributed by atoms with E-state index in [0.29, 0.717) is 7.28 Å². The maximum atomic E-state index is 2.31. The number of rotatable bonds is 1. The van der Waals surface area contributed by atoms with Crippen molar-refractivity contribution in [1.82, 2.24) is 0 Å². The van der Waals surface area contributed by atoms with E-state index in [1.165, 1.54) is 6.32 Å². The highest BCUT2D eigenvalue weighted by Crippen LogP contribution is 1.64. The van der Waals surface area contributed by atoms with Gasteiger partial charge < -0.3 is 0 Å². The lowest BCUT2D eigenvalue weighted by Gasteiger charge is -1.74. The lowest BCUT2D eigenvalue weighted by atomic mass is 9.79. The second-order valence-corrected chi connectivity index (χ2v) is 1.41. The zero-order valence-corrected chi connectivity index (χ0v) is 5.71. The molecule has 0 radical (unpaired) electrons. The molecular formula is C5H16B-. The van der Waals surface area contributed by atoms with Crippen molar-refractivity contribution in [2.45, 2.75) is 33.9 Å². The third-order valence-electron chi connectivity index (χ3n) is 0.707. The van der Waals surface area contributed by atoms with Gasteiger partial charge in [0, 0.05) is 0 Å². The quantitative estimate of drug-likeness (QED) is 0.426. The van der Waals surface area contributed by atoms with Crippen molar-refractivity contribution in [2.24, 2.45) is 0 Å². The Kier molecular flexibility index (Phi) is 30.8. The summed E-state index contributed by atoms with van der Waals surface area (Å²) >= 11 is 0. The molecule has 0 aromatic carbocycles. The highest BCUT2D eigenvalue weighted by atomic mass is 13.3. The Hall–Kier alpha value is 0.0649. The minimum Gasteiger partial charge on any atom is -0.196 e. The van der Waals surface area contributed by atoms with Crippen LogP contribution in [0.2, 0.25) is 13.1 Å². The van der Waals surface area contributed by atoms with Crippen LogP contribution in [0.15, 0.2) is 0 Å². The minimum atomic E-state index is 0.514. The molecule has 0 unspecified atom stereocenters. The summed E-state index contributed by atoms with van der Waals surface area (Å²) in [5, 5.41) is 0. The Morgan fingerprint density at radius 3 is 1.50 bits per heavy atom. The van der Waals surface area contributed by atoms with Gasteiger partial charge in [-0.25, -0.2) is 0 Å². The molecule has 0 aromatic rings. The van der Waals surface area contributed by atoms with Gasteiger partial charge in [0.15, 0.2) is 0 Å². The Morgan fingerprint density at radius 1 is 1.33 bits per heavy atom. The van der Waals surface area contributed by atoms with Gasteiger partial charge in [0.05, 0.1) is 0 Å². The topological polar surface area (TPSA) is 0 Å². The van der Waals surface area contributed by atoms with Crippen molar-refractivity contribution in [3.63, 3.8) is 0 Å². The van der Waals surface area contributed by atoms with Crippen molar-refractivity contribution >= 4 is 7.28 Å². The molecule has 0 atom stereocenters. The van der Waals surface area contributed by atoms with E-state index in [0.717, 1.165) is 0 Å². The first-order valence-electron chi connectivity index (χ1n) is 3.41. The minimum absolute atomic E-state index is 0.514. The highest BCUT2D eigenvalue weighted by Gasteiger charge is 1.50. The van der Waals surface area contributed by atoms with Crippen LogP contribution in [0.5, 0.6) is 0 Å². The molecule has 0 saturated heterocycles. The predicted molar refractivity (Wildman–Crippen MR) is 36.2 cm³/mol. The molecule has 0 aliphatic rings. The monoisotopic (exact) mass is 87.1 g/mol. The van der Waals surface area contributed by atoms with Crippen molar-refractivity contribution in [2.75, 3.05) is 0 Å². The average molecular weight is 87.0 g/mol. The standard InChI is InChI=1S/C3H10B.C2H6/c1-3-4-2;1-2/h3-4H2,1-2H3;1-2H3/q-1;. The van der Waals surface area contributed by atoms with Crippen molar-refractivity contribution < 1.29 is 0 Å². The summed E-state index contributed by atoms with van der Waals surface area (Å²) in [6.07, 6.45) is 1.44. The molecule has 0 aliphatic heterocycles. The van der Waals surface area contributed by atoms with Crippen LogP contribution in [0.1, 0.15) is 20.8 Å². The van der Waals surface area contributed by atoms with Crippen LogP contribution in [0.3, 0.4) is 0 Å². The summed E-state index contributed by atoms with van der Waals surface area (Å²) in [6.45, 7) is 8.54. The van der Waals surface area contributed by atoms with E-state index in [4.69, 9.17) is 0 Å². The molecule has 0 bridgehead atoms. The van der Waals surface area contributed by atoms with Crippen LogP contribution in [0, 0.1) is 0 Å². The Balaban J connectivity index is 0. The first-order valence-corrected chi connectivity index (χ1v) is 3.41. The Bertz CT molecular complexity index is 5.90. The summed E-state index contributed by atoms with van der Waals surface area (Å²) < 4.78 is 0. The van der Waals surface area contributed by atoms with E-state index < -0.39 is 0 Å². The zero-order chi connectivity index (χ0) is 5.41. The Labute approximate surface area is 42.2 Å². The molecule has 0 fully saturated rings. The number of hydrogen-bond donors (Lipinski definition) is 0. The van der Waals surface area contributed by atoms with Crippen LogP contribution in [0.25, 0.3) is 0 Å². The first-order chi connectivity index (χ1) is 2.91. The van der Waals surface area contributed by atoms with Crippen LogP contribution in [0.4, 0.5) is 0 Å². The van der Waals surface area contributed by atoms with Gasteiger partial charge in [0.25, 0.3) is 0 Å². The molecule has 0 rings (SSSR count). The normalized spacial score (nSPS) is 6.00. The predicted octanol–water partition coefficient (Wildman–Crippen LogP) is 1.67. The summed E-state index contributed by atoms with van der Waals surface area (Å²) in [5.74, 6) is 0. The van der Waals surface area contributed by atoms with E-state index in [-0.39, 0.29) is 0 Å². The maximum absolute atomic E-state index is 2.31. The fraction of sp³-hybridized carbons (Fsp3) is 1.00. The van der Waals surface area contributed by atoms with E-state index in [1.807, 2.05) is 13.8 Å². The van der Waals surface area contributed by atoms with Gasteiger partial charge >= 0.3 is 0 Å². The fourth-order valence-electron chi connectivity index (χ4n) is 0. The summed E-state index contributed by atoms with van der Waals surface area (Å²) in [5.41, 5.74) is 0.